The molecule has 0 bridgehead atoms. The Kier molecular flexibility index (Phi) is 5.25. The maximum Gasteiger partial charge on any atom is 0.191 e. The van der Waals surface area contributed by atoms with E-state index in [0.29, 0.717) is 5.96 Å². The predicted octanol–water partition coefficient (Wildman–Crippen LogP) is 0.466. The van der Waals surface area contributed by atoms with Crippen LogP contribution in [0.5, 0.6) is 0 Å². The number of rotatable bonds is 5. The lowest BCUT2D eigenvalue weighted by molar-refractivity contribution is 0.456. The molecular weight excluding hydrogens is 226 g/mol. The summed E-state index contributed by atoms with van der Waals surface area (Å²) in [7, 11) is -3.12. The first-order valence-electron chi connectivity index (χ1n) is 5.40. The van der Waals surface area contributed by atoms with Crippen LogP contribution in [0.3, 0.4) is 0 Å². The number of hydrogen-bond acceptors (Lipinski definition) is 3. The second-order valence-corrected chi connectivity index (χ2v) is 7.03. The number of aliphatic imine (C=N–C) groups is 1. The minimum Gasteiger partial charge on any atom is -0.370 e. The van der Waals surface area contributed by atoms with E-state index in [9.17, 15) is 8.42 Å². The lowest BCUT2D eigenvalue weighted by Crippen LogP contribution is -2.40. The van der Waals surface area contributed by atoms with Crippen LogP contribution in [-0.2, 0) is 9.84 Å². The Balaban J connectivity index is 4.72. The Hall–Kier alpha value is -0.780. The minimum atomic E-state index is -3.12. The van der Waals surface area contributed by atoms with Crippen molar-refractivity contribution in [3.8, 4) is 0 Å². The largest absolute Gasteiger partial charge is 0.370 e. The van der Waals surface area contributed by atoms with Gasteiger partial charge in [-0.2, -0.15) is 0 Å². The van der Waals surface area contributed by atoms with E-state index in [1.54, 1.807) is 13.8 Å². The summed E-state index contributed by atoms with van der Waals surface area (Å²) in [5, 5.41) is 0. The molecule has 16 heavy (non-hydrogen) atoms. The molecule has 96 valence electrons. The molecule has 0 atom stereocenters. The van der Waals surface area contributed by atoms with Crippen molar-refractivity contribution in [1.82, 2.24) is 4.90 Å². The highest BCUT2D eigenvalue weighted by Crippen LogP contribution is 2.15. The Morgan fingerprint density at radius 2 is 1.75 bits per heavy atom. The molecule has 0 aromatic rings. The number of nitrogens with two attached hydrogens (primary N) is 1. The molecule has 0 aliphatic rings. The van der Waals surface area contributed by atoms with Gasteiger partial charge >= 0.3 is 0 Å². The molecule has 0 aromatic carbocycles. The molecule has 0 unspecified atom stereocenters. The zero-order chi connectivity index (χ0) is 13.0. The highest BCUT2D eigenvalue weighted by Gasteiger charge is 2.29. The Morgan fingerprint density at radius 1 is 1.31 bits per heavy atom. The summed E-state index contributed by atoms with van der Waals surface area (Å²) in [5.74, 6) is 0.404. The van der Waals surface area contributed by atoms with Crippen LogP contribution in [0, 0.1) is 0 Å². The van der Waals surface area contributed by atoms with Crippen molar-refractivity contribution in [1.29, 1.82) is 0 Å². The maximum absolute atomic E-state index is 11.5. The van der Waals surface area contributed by atoms with Crippen molar-refractivity contribution >= 4 is 15.8 Å². The van der Waals surface area contributed by atoms with Gasteiger partial charge in [-0.3, -0.25) is 4.99 Å². The molecule has 0 rings (SSSR count). The normalized spacial score (nSPS) is 13.9. The summed E-state index contributed by atoms with van der Waals surface area (Å²) in [6, 6.07) is 0. The molecule has 0 spiro atoms. The van der Waals surface area contributed by atoms with Gasteiger partial charge < -0.3 is 10.6 Å². The standard InChI is InChI=1S/C10H23N3O2S/c1-6-13(7-2)9(11)12-8-10(3,4)16(5,14)15/h6-8H2,1-5H3,(H2,11,12). The Morgan fingerprint density at radius 3 is 2.06 bits per heavy atom. The van der Waals surface area contributed by atoms with Crippen molar-refractivity contribution in [3.63, 3.8) is 0 Å². The second-order valence-electron chi connectivity index (χ2n) is 4.38. The van der Waals surface area contributed by atoms with E-state index in [0.717, 1.165) is 13.1 Å². The van der Waals surface area contributed by atoms with E-state index in [2.05, 4.69) is 4.99 Å². The van der Waals surface area contributed by atoms with Crippen molar-refractivity contribution in [2.75, 3.05) is 25.9 Å². The summed E-state index contributed by atoms with van der Waals surface area (Å²) in [4.78, 5) is 6.03. The van der Waals surface area contributed by atoms with Crippen molar-refractivity contribution in [2.24, 2.45) is 10.7 Å². The summed E-state index contributed by atoms with van der Waals surface area (Å²) >= 11 is 0. The average molecular weight is 249 g/mol. The molecule has 0 heterocycles. The molecule has 5 nitrogen and oxygen atoms in total. The third kappa shape index (κ3) is 4.00. The molecule has 0 aliphatic carbocycles. The first-order valence-corrected chi connectivity index (χ1v) is 7.29. The third-order valence-corrected chi connectivity index (χ3v) is 4.85. The monoisotopic (exact) mass is 249 g/mol. The molecule has 0 aliphatic heterocycles. The number of hydrogen-bond donors (Lipinski definition) is 1. The quantitative estimate of drug-likeness (QED) is 0.567. The van der Waals surface area contributed by atoms with E-state index in [1.165, 1.54) is 6.26 Å². The van der Waals surface area contributed by atoms with Gasteiger partial charge in [0, 0.05) is 19.3 Å². The number of sulfone groups is 1. The number of guanidine groups is 1. The maximum atomic E-state index is 11.5. The highest BCUT2D eigenvalue weighted by molar-refractivity contribution is 7.92. The van der Waals surface area contributed by atoms with Gasteiger partial charge in [-0.15, -0.1) is 0 Å². The SMILES string of the molecule is CCN(CC)C(N)=NCC(C)(C)S(C)(=O)=O. The van der Waals surface area contributed by atoms with E-state index in [1.807, 2.05) is 18.7 Å². The zero-order valence-corrected chi connectivity index (χ0v) is 11.6. The van der Waals surface area contributed by atoms with Crippen LogP contribution in [0.2, 0.25) is 0 Å². The molecule has 0 saturated heterocycles. The average Bonchev–Trinajstić information content (AvgIpc) is 2.15. The fourth-order valence-electron chi connectivity index (χ4n) is 1.04. The van der Waals surface area contributed by atoms with Crippen LogP contribution in [-0.4, -0.2) is 49.9 Å². The lowest BCUT2D eigenvalue weighted by atomic mass is 10.2. The first kappa shape index (κ1) is 15.2. The molecule has 2 N–H and O–H groups in total. The highest BCUT2D eigenvalue weighted by atomic mass is 32.2. The van der Waals surface area contributed by atoms with Gasteiger partial charge in [0.2, 0.25) is 0 Å². The lowest BCUT2D eigenvalue weighted by Gasteiger charge is -2.23. The summed E-state index contributed by atoms with van der Waals surface area (Å²) < 4.78 is 22.0. The van der Waals surface area contributed by atoms with E-state index < -0.39 is 14.6 Å². The molecule has 0 fully saturated rings. The van der Waals surface area contributed by atoms with Crippen LogP contribution >= 0.6 is 0 Å². The minimum absolute atomic E-state index is 0.189. The fraction of sp³-hybridized carbons (Fsp3) is 0.900. The van der Waals surface area contributed by atoms with Crippen molar-refractivity contribution in [2.45, 2.75) is 32.4 Å². The smallest absolute Gasteiger partial charge is 0.191 e. The second kappa shape index (κ2) is 5.52. The van der Waals surface area contributed by atoms with Gasteiger partial charge in [0.05, 0.1) is 11.3 Å². The summed E-state index contributed by atoms with van der Waals surface area (Å²) in [6.07, 6.45) is 1.22. The van der Waals surface area contributed by atoms with Crippen LogP contribution < -0.4 is 5.73 Å². The third-order valence-electron chi connectivity index (χ3n) is 2.71. The molecule has 0 radical (unpaired) electrons. The fourth-order valence-corrected chi connectivity index (χ4v) is 1.34. The van der Waals surface area contributed by atoms with Gasteiger partial charge in [0.25, 0.3) is 0 Å². The molecule has 0 saturated carbocycles. The molecule has 6 heteroatoms. The molecule has 0 amide bonds. The van der Waals surface area contributed by atoms with E-state index in [-0.39, 0.29) is 6.54 Å². The van der Waals surface area contributed by atoms with Crippen LogP contribution in [0.1, 0.15) is 27.7 Å². The number of nitrogens with zero attached hydrogens (tertiary/aromatic N) is 2. The van der Waals surface area contributed by atoms with Crippen LogP contribution in [0.15, 0.2) is 4.99 Å². The molecular formula is C10H23N3O2S. The van der Waals surface area contributed by atoms with Gasteiger partial charge in [-0.05, 0) is 27.7 Å². The Bertz CT molecular complexity index is 343. The van der Waals surface area contributed by atoms with Crippen LogP contribution in [0.25, 0.3) is 0 Å². The first-order chi connectivity index (χ1) is 7.15. The van der Waals surface area contributed by atoms with Gasteiger partial charge in [-0.25, -0.2) is 8.42 Å². The van der Waals surface area contributed by atoms with Crippen molar-refractivity contribution < 1.29 is 8.42 Å². The predicted molar refractivity (Wildman–Crippen MR) is 68.3 cm³/mol. The van der Waals surface area contributed by atoms with Crippen molar-refractivity contribution in [3.05, 3.63) is 0 Å². The van der Waals surface area contributed by atoms with Gasteiger partial charge in [0.1, 0.15) is 0 Å². The van der Waals surface area contributed by atoms with Gasteiger partial charge in [0.15, 0.2) is 15.8 Å². The summed E-state index contributed by atoms with van der Waals surface area (Å²) in [5.41, 5.74) is 5.77. The molecule has 0 aromatic heterocycles. The van der Waals surface area contributed by atoms with Crippen LogP contribution in [0.4, 0.5) is 0 Å². The zero-order valence-electron chi connectivity index (χ0n) is 10.8. The topological polar surface area (TPSA) is 75.8 Å². The Labute approximate surface area is 98.6 Å². The van der Waals surface area contributed by atoms with E-state index >= 15 is 0 Å². The summed E-state index contributed by atoms with van der Waals surface area (Å²) in [6.45, 7) is 8.99. The van der Waals surface area contributed by atoms with E-state index in [4.69, 9.17) is 5.73 Å². The van der Waals surface area contributed by atoms with Gasteiger partial charge in [-0.1, -0.05) is 0 Å².